The second-order valence-corrected chi connectivity index (χ2v) is 4.43. The van der Waals surface area contributed by atoms with Crippen molar-refractivity contribution in [2.24, 2.45) is 0 Å². The molecule has 114 valence electrons. The summed E-state index contributed by atoms with van der Waals surface area (Å²) in [6, 6.07) is 0. The molecule has 1 unspecified atom stereocenters. The van der Waals surface area contributed by atoms with Crippen LogP contribution in [-0.2, 0) is 14.3 Å². The largest absolute Gasteiger partial charge is 0.377 e. The molecule has 0 aliphatic rings. The molecular formula is C13H29N3O3. The topological polar surface area (TPSA) is 71.6 Å². The van der Waals surface area contributed by atoms with Crippen molar-refractivity contribution in [2.75, 3.05) is 53.6 Å². The van der Waals surface area contributed by atoms with Crippen molar-refractivity contribution in [2.45, 2.75) is 25.9 Å². The number of nitrogens with one attached hydrogen (secondary N) is 3. The van der Waals surface area contributed by atoms with Crippen LogP contribution >= 0.6 is 0 Å². The van der Waals surface area contributed by atoms with Crippen molar-refractivity contribution >= 4 is 5.91 Å². The normalized spacial score (nSPS) is 12.4. The highest BCUT2D eigenvalue weighted by atomic mass is 16.5. The van der Waals surface area contributed by atoms with Crippen molar-refractivity contribution in [1.82, 2.24) is 16.0 Å². The van der Waals surface area contributed by atoms with Gasteiger partial charge in [-0.2, -0.15) is 0 Å². The molecule has 0 heterocycles. The molecule has 0 rings (SSSR count). The predicted octanol–water partition coefficient (Wildman–Crippen LogP) is -0.257. The van der Waals surface area contributed by atoms with Gasteiger partial charge in [0.15, 0.2) is 0 Å². The molecule has 0 aromatic carbocycles. The SMILES string of the molecule is CNCCCOCC(=O)NCCC(C)OCCNC. The molecule has 0 radical (unpaired) electrons. The van der Waals surface area contributed by atoms with Crippen LogP contribution < -0.4 is 16.0 Å². The molecule has 0 aliphatic heterocycles. The first-order valence-electron chi connectivity index (χ1n) is 6.96. The van der Waals surface area contributed by atoms with E-state index in [-0.39, 0.29) is 18.6 Å². The maximum Gasteiger partial charge on any atom is 0.245 e. The molecular weight excluding hydrogens is 246 g/mol. The number of likely N-dealkylation sites (N-methyl/N-ethyl adjacent to an activating group) is 1. The Morgan fingerprint density at radius 2 is 1.84 bits per heavy atom. The van der Waals surface area contributed by atoms with Crippen molar-refractivity contribution < 1.29 is 14.3 Å². The van der Waals surface area contributed by atoms with E-state index in [9.17, 15) is 4.79 Å². The second kappa shape index (κ2) is 13.7. The first kappa shape index (κ1) is 18.3. The standard InChI is InChI=1S/C13H29N3O3/c1-12(19-10-8-15-3)5-7-16-13(17)11-18-9-4-6-14-2/h12,14-15H,4-11H2,1-3H3,(H,16,17). The summed E-state index contributed by atoms with van der Waals surface area (Å²) in [5.41, 5.74) is 0. The predicted molar refractivity (Wildman–Crippen MR) is 76.3 cm³/mol. The van der Waals surface area contributed by atoms with Crippen LogP contribution in [0.1, 0.15) is 19.8 Å². The average molecular weight is 275 g/mol. The van der Waals surface area contributed by atoms with Gasteiger partial charge in [0.1, 0.15) is 6.61 Å². The molecule has 0 saturated heterocycles. The molecule has 0 spiro atoms. The van der Waals surface area contributed by atoms with E-state index in [1.807, 2.05) is 21.0 Å². The van der Waals surface area contributed by atoms with Crippen molar-refractivity contribution in [1.29, 1.82) is 0 Å². The lowest BCUT2D eigenvalue weighted by molar-refractivity contribution is -0.125. The zero-order valence-corrected chi connectivity index (χ0v) is 12.5. The molecule has 6 nitrogen and oxygen atoms in total. The fourth-order valence-electron chi connectivity index (χ4n) is 1.43. The Balaban J connectivity index is 3.32. The van der Waals surface area contributed by atoms with E-state index < -0.39 is 0 Å². The van der Waals surface area contributed by atoms with Crippen LogP contribution in [0.4, 0.5) is 0 Å². The quantitative estimate of drug-likeness (QED) is 0.404. The van der Waals surface area contributed by atoms with Crippen LogP contribution in [0, 0.1) is 0 Å². The molecule has 6 heteroatoms. The first-order chi connectivity index (χ1) is 9.20. The van der Waals surface area contributed by atoms with E-state index in [1.165, 1.54) is 0 Å². The lowest BCUT2D eigenvalue weighted by atomic mass is 10.3. The summed E-state index contributed by atoms with van der Waals surface area (Å²) < 4.78 is 10.8. The van der Waals surface area contributed by atoms with Crippen molar-refractivity contribution in [3.8, 4) is 0 Å². The monoisotopic (exact) mass is 275 g/mol. The average Bonchev–Trinajstić information content (AvgIpc) is 2.39. The van der Waals surface area contributed by atoms with E-state index in [4.69, 9.17) is 9.47 Å². The van der Waals surface area contributed by atoms with Crippen LogP contribution in [0.2, 0.25) is 0 Å². The molecule has 1 amide bonds. The highest BCUT2D eigenvalue weighted by Crippen LogP contribution is 1.95. The van der Waals surface area contributed by atoms with Crippen LogP contribution in [0.5, 0.6) is 0 Å². The third-order valence-corrected chi connectivity index (χ3v) is 2.58. The summed E-state index contributed by atoms with van der Waals surface area (Å²) in [6.45, 7) is 5.83. The Morgan fingerprint density at radius 3 is 2.53 bits per heavy atom. The van der Waals surface area contributed by atoms with Gasteiger partial charge in [-0.15, -0.1) is 0 Å². The number of carbonyl (C=O) groups is 1. The van der Waals surface area contributed by atoms with Gasteiger partial charge in [-0.25, -0.2) is 0 Å². The Kier molecular flexibility index (Phi) is 13.2. The summed E-state index contributed by atoms with van der Waals surface area (Å²) in [6.07, 6.45) is 1.89. The zero-order chi connectivity index (χ0) is 14.3. The van der Waals surface area contributed by atoms with Crippen LogP contribution in [-0.4, -0.2) is 65.6 Å². The molecule has 3 N–H and O–H groups in total. The molecule has 1 atom stereocenters. The maximum absolute atomic E-state index is 11.4. The van der Waals surface area contributed by atoms with Gasteiger partial charge < -0.3 is 25.4 Å². The summed E-state index contributed by atoms with van der Waals surface area (Å²) in [5, 5.41) is 8.86. The second-order valence-electron chi connectivity index (χ2n) is 4.43. The fraction of sp³-hybridized carbons (Fsp3) is 0.923. The van der Waals surface area contributed by atoms with Crippen molar-refractivity contribution in [3.63, 3.8) is 0 Å². The molecule has 0 saturated carbocycles. The van der Waals surface area contributed by atoms with Gasteiger partial charge in [0, 0.05) is 19.7 Å². The molecule has 0 fully saturated rings. The van der Waals surface area contributed by atoms with E-state index in [0.29, 0.717) is 19.8 Å². The maximum atomic E-state index is 11.4. The Morgan fingerprint density at radius 1 is 1.11 bits per heavy atom. The third kappa shape index (κ3) is 13.5. The minimum atomic E-state index is -0.0631. The fourth-order valence-corrected chi connectivity index (χ4v) is 1.43. The van der Waals surface area contributed by atoms with E-state index in [2.05, 4.69) is 16.0 Å². The highest BCUT2D eigenvalue weighted by Gasteiger charge is 2.04. The summed E-state index contributed by atoms with van der Waals surface area (Å²) in [7, 11) is 3.79. The van der Waals surface area contributed by atoms with Gasteiger partial charge in [0.25, 0.3) is 0 Å². The molecule has 0 bridgehead atoms. The highest BCUT2D eigenvalue weighted by molar-refractivity contribution is 5.77. The Labute approximate surface area is 116 Å². The van der Waals surface area contributed by atoms with Crippen LogP contribution in [0.3, 0.4) is 0 Å². The van der Waals surface area contributed by atoms with Gasteiger partial charge in [-0.3, -0.25) is 4.79 Å². The van der Waals surface area contributed by atoms with Crippen molar-refractivity contribution in [3.05, 3.63) is 0 Å². The smallest absolute Gasteiger partial charge is 0.245 e. The van der Waals surface area contributed by atoms with E-state index in [0.717, 1.165) is 25.9 Å². The first-order valence-corrected chi connectivity index (χ1v) is 6.96. The lowest BCUT2D eigenvalue weighted by Gasteiger charge is -2.13. The number of carbonyl (C=O) groups excluding carboxylic acids is 1. The third-order valence-electron chi connectivity index (χ3n) is 2.58. The summed E-state index contributed by atoms with van der Waals surface area (Å²) >= 11 is 0. The molecule has 0 aromatic rings. The Bertz CT molecular complexity index is 215. The number of hydrogen-bond acceptors (Lipinski definition) is 5. The van der Waals surface area contributed by atoms with Crippen LogP contribution in [0.15, 0.2) is 0 Å². The van der Waals surface area contributed by atoms with Gasteiger partial charge in [0.2, 0.25) is 5.91 Å². The van der Waals surface area contributed by atoms with Crippen LogP contribution in [0.25, 0.3) is 0 Å². The summed E-state index contributed by atoms with van der Waals surface area (Å²) in [4.78, 5) is 11.4. The van der Waals surface area contributed by atoms with Gasteiger partial charge >= 0.3 is 0 Å². The number of amides is 1. The number of ether oxygens (including phenoxy) is 2. The number of rotatable bonds is 13. The number of hydrogen-bond donors (Lipinski definition) is 3. The Hall–Kier alpha value is -0.690. The minimum absolute atomic E-state index is 0.0631. The lowest BCUT2D eigenvalue weighted by Crippen LogP contribution is -2.31. The summed E-state index contributed by atoms with van der Waals surface area (Å²) in [5.74, 6) is -0.0631. The molecule has 0 aromatic heterocycles. The van der Waals surface area contributed by atoms with Gasteiger partial charge in [0.05, 0.1) is 12.7 Å². The van der Waals surface area contributed by atoms with E-state index >= 15 is 0 Å². The molecule has 0 aliphatic carbocycles. The van der Waals surface area contributed by atoms with Gasteiger partial charge in [-0.1, -0.05) is 0 Å². The van der Waals surface area contributed by atoms with Gasteiger partial charge in [-0.05, 0) is 40.4 Å². The molecule has 19 heavy (non-hydrogen) atoms. The van der Waals surface area contributed by atoms with E-state index in [1.54, 1.807) is 0 Å². The minimum Gasteiger partial charge on any atom is -0.377 e. The zero-order valence-electron chi connectivity index (χ0n) is 12.5.